The fourth-order valence-corrected chi connectivity index (χ4v) is 3.20. The van der Waals surface area contributed by atoms with Crippen LogP contribution in [0.5, 0.6) is 0 Å². The van der Waals surface area contributed by atoms with Crippen LogP contribution in [0.15, 0.2) is 40.9 Å². The number of rotatable bonds is 1. The minimum atomic E-state index is 1.09. The molecule has 16 heavy (non-hydrogen) atoms. The van der Waals surface area contributed by atoms with E-state index in [9.17, 15) is 0 Å². The number of hydrogen-bond donors (Lipinski definition) is 0. The molecule has 80 valence electrons. The highest BCUT2D eigenvalue weighted by molar-refractivity contribution is 9.10. The van der Waals surface area contributed by atoms with Crippen LogP contribution >= 0.6 is 15.9 Å². The Kier molecular flexibility index (Phi) is 2.36. The van der Waals surface area contributed by atoms with E-state index >= 15 is 0 Å². The lowest BCUT2D eigenvalue weighted by Crippen LogP contribution is -1.88. The molecule has 1 aliphatic carbocycles. The largest absolute Gasteiger partial charge is 0.0763 e. The van der Waals surface area contributed by atoms with Crippen LogP contribution in [0.4, 0.5) is 0 Å². The van der Waals surface area contributed by atoms with Gasteiger partial charge in [0.25, 0.3) is 0 Å². The number of allylic oxidation sites excluding steroid dienone is 2. The second kappa shape index (κ2) is 3.74. The molecule has 0 aromatic heterocycles. The van der Waals surface area contributed by atoms with Crippen LogP contribution in [-0.2, 0) is 6.42 Å². The monoisotopic (exact) mass is 272 g/mol. The first-order valence-electron chi connectivity index (χ1n) is 5.70. The first-order chi connectivity index (χ1) is 7.81. The normalized spacial score (nSPS) is 14.0. The van der Waals surface area contributed by atoms with Crippen molar-refractivity contribution in [2.45, 2.75) is 19.8 Å². The molecule has 2 aromatic rings. The predicted octanol–water partition coefficient (Wildman–Crippen LogP) is 4.95. The highest BCUT2D eigenvalue weighted by atomic mass is 79.9. The molecular weight excluding hydrogens is 260 g/mol. The summed E-state index contributed by atoms with van der Waals surface area (Å²) in [5.41, 5.74) is 4.43. The lowest BCUT2D eigenvalue weighted by Gasteiger charge is -2.10. The average molecular weight is 273 g/mol. The van der Waals surface area contributed by atoms with Crippen molar-refractivity contribution in [3.05, 3.63) is 52.0 Å². The number of hydrogen-bond acceptors (Lipinski definition) is 0. The topological polar surface area (TPSA) is 0 Å². The van der Waals surface area contributed by atoms with Gasteiger partial charge in [-0.15, -0.1) is 0 Å². The van der Waals surface area contributed by atoms with Crippen molar-refractivity contribution in [3.8, 4) is 0 Å². The summed E-state index contributed by atoms with van der Waals surface area (Å²) in [6.07, 6.45) is 4.57. The van der Waals surface area contributed by atoms with Crippen molar-refractivity contribution in [1.29, 1.82) is 0 Å². The van der Waals surface area contributed by atoms with Gasteiger partial charge in [-0.3, -0.25) is 0 Å². The molecule has 0 atom stereocenters. The van der Waals surface area contributed by atoms with Gasteiger partial charge in [-0.1, -0.05) is 53.2 Å². The van der Waals surface area contributed by atoms with E-state index in [1.807, 2.05) is 0 Å². The van der Waals surface area contributed by atoms with E-state index in [-0.39, 0.29) is 0 Å². The second-order valence-corrected chi connectivity index (χ2v) is 5.08. The summed E-state index contributed by atoms with van der Waals surface area (Å²) in [7, 11) is 0. The van der Waals surface area contributed by atoms with Gasteiger partial charge in [0.1, 0.15) is 0 Å². The van der Waals surface area contributed by atoms with Crippen molar-refractivity contribution in [2.24, 2.45) is 0 Å². The Morgan fingerprint density at radius 1 is 1.19 bits per heavy atom. The summed E-state index contributed by atoms with van der Waals surface area (Å²) < 4.78 is 1.22. The van der Waals surface area contributed by atoms with Crippen molar-refractivity contribution < 1.29 is 0 Å². The summed E-state index contributed by atoms with van der Waals surface area (Å²) in [5, 5.41) is 2.71. The number of halogens is 1. The second-order valence-electron chi connectivity index (χ2n) is 4.23. The van der Waals surface area contributed by atoms with E-state index in [1.54, 1.807) is 0 Å². The van der Waals surface area contributed by atoms with Crippen molar-refractivity contribution in [1.82, 2.24) is 0 Å². The van der Waals surface area contributed by atoms with Gasteiger partial charge < -0.3 is 0 Å². The van der Waals surface area contributed by atoms with Crippen LogP contribution in [0.1, 0.15) is 24.5 Å². The molecule has 0 saturated heterocycles. The van der Waals surface area contributed by atoms with Gasteiger partial charge in [0.2, 0.25) is 0 Å². The third-order valence-corrected chi connectivity index (χ3v) is 4.00. The molecule has 0 N–H and O–H groups in total. The zero-order valence-corrected chi connectivity index (χ0v) is 10.8. The Morgan fingerprint density at radius 3 is 2.69 bits per heavy atom. The fraction of sp³-hybridized carbons (Fsp3) is 0.200. The molecule has 0 amide bonds. The quantitative estimate of drug-likeness (QED) is 0.689. The Bertz CT molecular complexity index is 594. The molecule has 3 rings (SSSR count). The molecule has 0 saturated carbocycles. The van der Waals surface area contributed by atoms with Gasteiger partial charge >= 0.3 is 0 Å². The lowest BCUT2D eigenvalue weighted by molar-refractivity contribution is 1.25. The van der Waals surface area contributed by atoms with Crippen molar-refractivity contribution >= 4 is 32.3 Å². The SMILES string of the molecule is CCC1=CCc2cc(Br)c3ccccc3c21. The van der Waals surface area contributed by atoms with Crippen LogP contribution in [0.2, 0.25) is 0 Å². The average Bonchev–Trinajstić information content (AvgIpc) is 2.72. The molecule has 1 heteroatoms. The highest BCUT2D eigenvalue weighted by Gasteiger charge is 2.17. The van der Waals surface area contributed by atoms with Crippen LogP contribution < -0.4 is 0 Å². The molecule has 0 heterocycles. The predicted molar refractivity (Wildman–Crippen MR) is 73.6 cm³/mol. The van der Waals surface area contributed by atoms with Gasteiger partial charge in [0.05, 0.1) is 0 Å². The first-order valence-corrected chi connectivity index (χ1v) is 6.50. The molecule has 0 spiro atoms. The molecule has 0 fully saturated rings. The van der Waals surface area contributed by atoms with E-state index in [1.165, 1.54) is 31.9 Å². The van der Waals surface area contributed by atoms with Gasteiger partial charge in [-0.05, 0) is 46.4 Å². The zero-order chi connectivity index (χ0) is 11.1. The van der Waals surface area contributed by atoms with Gasteiger partial charge in [-0.25, -0.2) is 0 Å². The number of fused-ring (bicyclic) bond motifs is 3. The highest BCUT2D eigenvalue weighted by Crippen LogP contribution is 2.38. The van der Waals surface area contributed by atoms with Gasteiger partial charge in [0, 0.05) is 4.47 Å². The summed E-state index contributed by atoms with van der Waals surface area (Å²) in [6, 6.07) is 10.9. The van der Waals surface area contributed by atoms with Crippen molar-refractivity contribution in [2.75, 3.05) is 0 Å². The van der Waals surface area contributed by atoms with Crippen LogP contribution in [-0.4, -0.2) is 0 Å². The van der Waals surface area contributed by atoms with E-state index in [4.69, 9.17) is 0 Å². The minimum absolute atomic E-state index is 1.09. The smallest absolute Gasteiger partial charge is 0.0257 e. The van der Waals surface area contributed by atoms with E-state index in [0.717, 1.165) is 12.8 Å². The van der Waals surface area contributed by atoms with Crippen LogP contribution in [0, 0.1) is 0 Å². The van der Waals surface area contributed by atoms with Crippen LogP contribution in [0.25, 0.3) is 16.3 Å². The molecule has 0 unspecified atom stereocenters. The number of benzene rings is 2. The Labute approximate surface area is 104 Å². The molecule has 0 radical (unpaired) electrons. The summed E-state index contributed by atoms with van der Waals surface area (Å²) in [6.45, 7) is 2.23. The molecule has 0 aliphatic heterocycles. The maximum absolute atomic E-state index is 3.67. The summed E-state index contributed by atoms with van der Waals surface area (Å²) >= 11 is 3.67. The Balaban J connectivity index is 2.42. The molecule has 2 aromatic carbocycles. The zero-order valence-electron chi connectivity index (χ0n) is 9.26. The van der Waals surface area contributed by atoms with Gasteiger partial charge in [0.15, 0.2) is 0 Å². The first kappa shape index (κ1) is 10.1. The summed E-state index contributed by atoms with van der Waals surface area (Å²) in [4.78, 5) is 0. The Morgan fingerprint density at radius 2 is 1.94 bits per heavy atom. The molecule has 0 nitrogen and oxygen atoms in total. The molecule has 0 bridgehead atoms. The minimum Gasteiger partial charge on any atom is -0.0763 e. The van der Waals surface area contributed by atoms with E-state index in [2.05, 4.69) is 59.3 Å². The van der Waals surface area contributed by atoms with E-state index < -0.39 is 0 Å². The summed E-state index contributed by atoms with van der Waals surface area (Å²) in [5.74, 6) is 0. The maximum atomic E-state index is 3.67. The van der Waals surface area contributed by atoms with Gasteiger partial charge in [-0.2, -0.15) is 0 Å². The van der Waals surface area contributed by atoms with Crippen molar-refractivity contribution in [3.63, 3.8) is 0 Å². The maximum Gasteiger partial charge on any atom is 0.0257 e. The Hall–Kier alpha value is -1.08. The molecular formula is C15H13Br. The standard InChI is InChI=1S/C15H13Br/c1-2-10-7-8-11-9-14(16)12-5-3-4-6-13(12)15(10)11/h3-7,9H,2,8H2,1H3. The third-order valence-electron chi connectivity index (χ3n) is 3.35. The lowest BCUT2D eigenvalue weighted by atomic mass is 9.96. The van der Waals surface area contributed by atoms with E-state index in [0.29, 0.717) is 0 Å². The van der Waals surface area contributed by atoms with Crippen LogP contribution in [0.3, 0.4) is 0 Å². The fourth-order valence-electron chi connectivity index (χ4n) is 2.58. The third kappa shape index (κ3) is 1.35. The molecule has 1 aliphatic rings.